The summed E-state index contributed by atoms with van der Waals surface area (Å²) < 4.78 is 12.2. The van der Waals surface area contributed by atoms with Crippen molar-refractivity contribution >= 4 is 10.8 Å². The van der Waals surface area contributed by atoms with Crippen molar-refractivity contribution in [3.05, 3.63) is 64.5 Å². The highest BCUT2D eigenvalue weighted by Gasteiger charge is 2.08. The van der Waals surface area contributed by atoms with Gasteiger partial charge in [0.1, 0.15) is 11.8 Å². The molecule has 0 bridgehead atoms. The van der Waals surface area contributed by atoms with Gasteiger partial charge in [0.2, 0.25) is 0 Å². The number of benzene rings is 1. The van der Waals surface area contributed by atoms with Crippen LogP contribution in [-0.4, -0.2) is 9.19 Å². The third-order valence-corrected chi connectivity index (χ3v) is 4.21. The van der Waals surface area contributed by atoms with Crippen LogP contribution in [0.25, 0.3) is 0 Å². The maximum absolute atomic E-state index is 12.2. The molecule has 0 aliphatic heterocycles. The van der Waals surface area contributed by atoms with Crippen LogP contribution < -0.4 is 0 Å². The van der Waals surface area contributed by atoms with Crippen LogP contribution in [0.2, 0.25) is 0 Å². The number of pyridine rings is 1. The lowest BCUT2D eigenvalue weighted by Gasteiger charge is -2.06. The fraction of sp³-hybridized carbons (Fsp3) is 0.250. The second-order valence-electron chi connectivity index (χ2n) is 4.85. The highest BCUT2D eigenvalue weighted by molar-refractivity contribution is 7.83. The summed E-state index contributed by atoms with van der Waals surface area (Å²) in [4.78, 5) is 3.99. The topological polar surface area (TPSA) is 53.8 Å². The molecule has 102 valence electrons. The zero-order chi connectivity index (χ0) is 14.5. The summed E-state index contributed by atoms with van der Waals surface area (Å²) in [5.74, 6) is 0.867. The molecule has 0 N–H and O–H groups in total. The Morgan fingerprint density at radius 2 is 1.90 bits per heavy atom. The quantitative estimate of drug-likeness (QED) is 0.867. The zero-order valence-corrected chi connectivity index (χ0v) is 12.4. The minimum absolute atomic E-state index is 0.362. The smallest absolute Gasteiger partial charge is 0.144 e. The van der Waals surface area contributed by atoms with Gasteiger partial charge < -0.3 is 0 Å². The van der Waals surface area contributed by atoms with Gasteiger partial charge in [-0.2, -0.15) is 5.26 Å². The number of nitriles is 1. The monoisotopic (exact) mass is 284 g/mol. The summed E-state index contributed by atoms with van der Waals surface area (Å²) in [5, 5.41) is 8.98. The molecule has 1 aromatic carbocycles. The molecule has 2 aromatic rings. The molecule has 1 atom stereocenters. The number of rotatable bonds is 4. The van der Waals surface area contributed by atoms with E-state index in [1.54, 1.807) is 12.3 Å². The van der Waals surface area contributed by atoms with Crippen molar-refractivity contribution in [2.75, 3.05) is 0 Å². The first-order valence-electron chi connectivity index (χ1n) is 6.34. The maximum atomic E-state index is 12.2. The van der Waals surface area contributed by atoms with Crippen LogP contribution in [0.1, 0.15) is 27.9 Å². The zero-order valence-electron chi connectivity index (χ0n) is 11.6. The summed E-state index contributed by atoms with van der Waals surface area (Å²) in [6.07, 6.45) is 1.58. The van der Waals surface area contributed by atoms with Crippen LogP contribution in [0.5, 0.6) is 0 Å². The van der Waals surface area contributed by atoms with Gasteiger partial charge in [-0.3, -0.25) is 4.21 Å². The first-order valence-corrected chi connectivity index (χ1v) is 7.83. The highest BCUT2D eigenvalue weighted by Crippen LogP contribution is 2.14. The van der Waals surface area contributed by atoms with E-state index in [1.807, 2.05) is 26.0 Å². The standard InChI is InChI=1S/C16H16N2OS/c1-12-6-13(2)8-14(7-12)10-20(19)11-15-4-3-5-18-16(15)9-17/h3-8H,10-11H2,1-2H3. The Kier molecular flexibility index (Phi) is 4.65. The Morgan fingerprint density at radius 3 is 2.55 bits per heavy atom. The van der Waals surface area contributed by atoms with Gasteiger partial charge >= 0.3 is 0 Å². The van der Waals surface area contributed by atoms with Crippen LogP contribution in [0.15, 0.2) is 36.5 Å². The number of hydrogen-bond donors (Lipinski definition) is 0. The number of nitrogens with zero attached hydrogens (tertiary/aromatic N) is 2. The summed E-state index contributed by atoms with van der Waals surface area (Å²) in [5.41, 5.74) is 4.54. The van der Waals surface area contributed by atoms with Gasteiger partial charge in [-0.1, -0.05) is 35.4 Å². The van der Waals surface area contributed by atoms with Gasteiger partial charge in [0.05, 0.1) is 5.75 Å². The molecule has 20 heavy (non-hydrogen) atoms. The molecule has 3 nitrogen and oxygen atoms in total. The van der Waals surface area contributed by atoms with E-state index in [0.29, 0.717) is 17.2 Å². The van der Waals surface area contributed by atoms with Crippen molar-refractivity contribution < 1.29 is 4.21 Å². The third kappa shape index (κ3) is 3.75. The highest BCUT2D eigenvalue weighted by atomic mass is 32.2. The Balaban J connectivity index is 2.11. The average molecular weight is 284 g/mol. The molecule has 0 saturated carbocycles. The van der Waals surface area contributed by atoms with Gasteiger partial charge in [-0.15, -0.1) is 0 Å². The van der Waals surface area contributed by atoms with Gasteiger partial charge in [0, 0.05) is 28.3 Å². The molecule has 0 saturated heterocycles. The van der Waals surface area contributed by atoms with Gasteiger partial charge in [0.25, 0.3) is 0 Å². The molecule has 0 fully saturated rings. The molecular formula is C16H16N2OS. The first kappa shape index (κ1) is 14.4. The largest absolute Gasteiger partial charge is 0.259 e. The summed E-state index contributed by atoms with van der Waals surface area (Å²) in [6, 6.07) is 11.8. The maximum Gasteiger partial charge on any atom is 0.144 e. The second kappa shape index (κ2) is 6.44. The van der Waals surface area contributed by atoms with Gasteiger partial charge in [-0.05, 0) is 25.5 Å². The number of hydrogen-bond acceptors (Lipinski definition) is 3. The summed E-state index contributed by atoms with van der Waals surface area (Å²) >= 11 is 0. The van der Waals surface area contributed by atoms with Crippen LogP contribution >= 0.6 is 0 Å². The molecule has 4 heteroatoms. The minimum atomic E-state index is -1.04. The second-order valence-corrected chi connectivity index (χ2v) is 6.30. The van der Waals surface area contributed by atoms with E-state index in [0.717, 1.165) is 11.1 Å². The van der Waals surface area contributed by atoms with Crippen molar-refractivity contribution in [3.63, 3.8) is 0 Å². The molecule has 2 rings (SSSR count). The lowest BCUT2D eigenvalue weighted by Crippen LogP contribution is -2.03. The Hall–Kier alpha value is -1.99. The summed E-state index contributed by atoms with van der Waals surface area (Å²) in [7, 11) is -1.04. The van der Waals surface area contributed by atoms with Gasteiger partial charge in [-0.25, -0.2) is 4.98 Å². The Labute approximate surface area is 121 Å². The van der Waals surface area contributed by atoms with Crippen molar-refractivity contribution in [1.82, 2.24) is 4.98 Å². The lowest BCUT2D eigenvalue weighted by atomic mass is 10.1. The third-order valence-electron chi connectivity index (χ3n) is 2.92. The van der Waals surface area contributed by atoms with Crippen LogP contribution in [-0.2, 0) is 22.3 Å². The lowest BCUT2D eigenvalue weighted by molar-refractivity contribution is 0.682. The van der Waals surface area contributed by atoms with E-state index in [9.17, 15) is 4.21 Å². The number of aryl methyl sites for hydroxylation is 2. The Bertz CT molecular complexity index is 669. The molecule has 0 aliphatic rings. The molecular weight excluding hydrogens is 268 g/mol. The Morgan fingerprint density at radius 1 is 1.20 bits per heavy atom. The first-order chi connectivity index (χ1) is 9.58. The van der Waals surface area contributed by atoms with Crippen LogP contribution in [0.3, 0.4) is 0 Å². The average Bonchev–Trinajstić information content (AvgIpc) is 2.37. The van der Waals surface area contributed by atoms with Crippen LogP contribution in [0.4, 0.5) is 0 Å². The van der Waals surface area contributed by atoms with Crippen molar-refractivity contribution in [1.29, 1.82) is 5.26 Å². The normalized spacial score (nSPS) is 11.8. The fourth-order valence-electron chi connectivity index (χ4n) is 2.22. The molecule has 0 amide bonds. The van der Waals surface area contributed by atoms with Crippen LogP contribution in [0, 0.1) is 25.2 Å². The molecule has 1 unspecified atom stereocenters. The predicted molar refractivity (Wildman–Crippen MR) is 80.4 cm³/mol. The SMILES string of the molecule is Cc1cc(C)cc(CS(=O)Cc2cccnc2C#N)c1. The van der Waals surface area contributed by atoms with E-state index < -0.39 is 10.8 Å². The van der Waals surface area contributed by atoms with E-state index in [2.05, 4.69) is 23.2 Å². The van der Waals surface area contributed by atoms with Gasteiger partial charge in [0.15, 0.2) is 0 Å². The molecule has 0 radical (unpaired) electrons. The van der Waals surface area contributed by atoms with E-state index in [1.165, 1.54) is 11.1 Å². The van der Waals surface area contributed by atoms with E-state index in [-0.39, 0.29) is 0 Å². The van der Waals surface area contributed by atoms with Crippen molar-refractivity contribution in [2.24, 2.45) is 0 Å². The van der Waals surface area contributed by atoms with E-state index >= 15 is 0 Å². The number of aromatic nitrogens is 1. The molecule has 1 heterocycles. The van der Waals surface area contributed by atoms with Crippen molar-refractivity contribution in [2.45, 2.75) is 25.4 Å². The van der Waals surface area contributed by atoms with Crippen molar-refractivity contribution in [3.8, 4) is 6.07 Å². The fourth-order valence-corrected chi connectivity index (χ4v) is 3.44. The van der Waals surface area contributed by atoms with E-state index in [4.69, 9.17) is 5.26 Å². The minimum Gasteiger partial charge on any atom is -0.259 e. The molecule has 1 aromatic heterocycles. The molecule has 0 spiro atoms. The predicted octanol–water partition coefficient (Wildman–Crippen LogP) is 3.02. The molecule has 0 aliphatic carbocycles. The summed E-state index contributed by atoms with van der Waals surface area (Å²) in [6.45, 7) is 4.07.